The Kier molecular flexibility index (Phi) is 5.17. The lowest BCUT2D eigenvalue weighted by Crippen LogP contribution is -2.29. The molecular formula is C15H21NO3S. The molecule has 110 valence electrons. The molecule has 0 aromatic heterocycles. The van der Waals surface area contributed by atoms with Gasteiger partial charge in [-0.05, 0) is 30.9 Å². The zero-order chi connectivity index (χ0) is 14.5. The van der Waals surface area contributed by atoms with E-state index >= 15 is 0 Å². The van der Waals surface area contributed by atoms with Crippen LogP contribution in [0.5, 0.6) is 11.5 Å². The Morgan fingerprint density at radius 1 is 1.40 bits per heavy atom. The van der Waals surface area contributed by atoms with E-state index in [2.05, 4.69) is 0 Å². The molecule has 4 nitrogen and oxygen atoms in total. The van der Waals surface area contributed by atoms with E-state index in [1.54, 1.807) is 26.0 Å². The lowest BCUT2D eigenvalue weighted by molar-refractivity contribution is -0.127. The summed E-state index contributed by atoms with van der Waals surface area (Å²) < 4.78 is 10.7. The molecule has 1 aliphatic heterocycles. The molecule has 2 rings (SSSR count). The van der Waals surface area contributed by atoms with E-state index in [-0.39, 0.29) is 5.91 Å². The minimum absolute atomic E-state index is 0.224. The summed E-state index contributed by atoms with van der Waals surface area (Å²) >= 11 is 1.57. The minimum Gasteiger partial charge on any atom is -0.497 e. The van der Waals surface area contributed by atoms with Crippen molar-refractivity contribution in [2.24, 2.45) is 0 Å². The third-order valence-electron chi connectivity index (χ3n) is 3.69. The van der Waals surface area contributed by atoms with Gasteiger partial charge < -0.3 is 14.4 Å². The van der Waals surface area contributed by atoms with E-state index < -0.39 is 0 Å². The number of ether oxygens (including phenoxy) is 2. The van der Waals surface area contributed by atoms with Crippen LogP contribution in [0.3, 0.4) is 0 Å². The SMILES string of the molecule is COc1ccc(OC)c(C2CCN(C(=O)CSC)C2)c1. The van der Waals surface area contributed by atoms with Crippen molar-refractivity contribution in [2.45, 2.75) is 12.3 Å². The van der Waals surface area contributed by atoms with Gasteiger partial charge in [0, 0.05) is 24.6 Å². The Hall–Kier alpha value is -1.36. The molecule has 0 spiro atoms. The number of nitrogens with zero attached hydrogens (tertiary/aromatic N) is 1. The molecule has 1 fully saturated rings. The maximum atomic E-state index is 11.9. The second kappa shape index (κ2) is 6.88. The van der Waals surface area contributed by atoms with E-state index in [0.717, 1.165) is 36.6 Å². The molecule has 5 heteroatoms. The van der Waals surface area contributed by atoms with Crippen LogP contribution in [0.25, 0.3) is 0 Å². The summed E-state index contributed by atoms with van der Waals surface area (Å²) in [4.78, 5) is 13.9. The summed E-state index contributed by atoms with van der Waals surface area (Å²) in [5.41, 5.74) is 1.13. The Morgan fingerprint density at radius 2 is 2.20 bits per heavy atom. The van der Waals surface area contributed by atoms with Gasteiger partial charge in [-0.1, -0.05) is 0 Å². The highest BCUT2D eigenvalue weighted by Crippen LogP contribution is 2.36. The van der Waals surface area contributed by atoms with Crippen molar-refractivity contribution in [3.05, 3.63) is 23.8 Å². The van der Waals surface area contributed by atoms with Crippen LogP contribution in [0.2, 0.25) is 0 Å². The van der Waals surface area contributed by atoms with Gasteiger partial charge in [0.05, 0.1) is 20.0 Å². The summed E-state index contributed by atoms with van der Waals surface area (Å²) in [6, 6.07) is 5.85. The number of rotatable bonds is 5. The quantitative estimate of drug-likeness (QED) is 0.836. The number of thioether (sulfide) groups is 1. The third kappa shape index (κ3) is 3.20. The van der Waals surface area contributed by atoms with E-state index in [1.807, 2.05) is 29.4 Å². The Labute approximate surface area is 124 Å². The van der Waals surface area contributed by atoms with Crippen molar-refractivity contribution >= 4 is 17.7 Å². The molecule has 0 saturated carbocycles. The lowest BCUT2D eigenvalue weighted by Gasteiger charge is -2.18. The van der Waals surface area contributed by atoms with Crippen molar-refractivity contribution in [2.75, 3.05) is 39.3 Å². The predicted octanol–water partition coefficient (Wildman–Crippen LogP) is 2.38. The van der Waals surface area contributed by atoms with Gasteiger partial charge in [0.25, 0.3) is 0 Å². The number of amides is 1. The number of benzene rings is 1. The maximum absolute atomic E-state index is 11.9. The fourth-order valence-electron chi connectivity index (χ4n) is 2.61. The first-order valence-electron chi connectivity index (χ1n) is 6.68. The molecule has 1 aromatic rings. The topological polar surface area (TPSA) is 38.8 Å². The van der Waals surface area contributed by atoms with Crippen molar-refractivity contribution in [1.82, 2.24) is 4.90 Å². The number of methoxy groups -OCH3 is 2. The summed E-state index contributed by atoms with van der Waals surface area (Å²) in [6.45, 7) is 1.59. The molecule has 1 atom stereocenters. The summed E-state index contributed by atoms with van der Waals surface area (Å²) in [6.07, 6.45) is 2.93. The van der Waals surface area contributed by atoms with E-state index in [1.165, 1.54) is 0 Å². The van der Waals surface area contributed by atoms with E-state index in [9.17, 15) is 4.79 Å². The first kappa shape index (κ1) is 15.0. The molecule has 0 N–H and O–H groups in total. The summed E-state index contributed by atoms with van der Waals surface area (Å²) in [7, 11) is 3.34. The predicted molar refractivity (Wildman–Crippen MR) is 81.9 cm³/mol. The first-order chi connectivity index (χ1) is 9.69. The van der Waals surface area contributed by atoms with Crippen molar-refractivity contribution in [1.29, 1.82) is 0 Å². The number of carbonyl (C=O) groups excluding carboxylic acids is 1. The highest BCUT2D eigenvalue weighted by atomic mass is 32.2. The van der Waals surface area contributed by atoms with Crippen molar-refractivity contribution < 1.29 is 14.3 Å². The van der Waals surface area contributed by atoms with Crippen LogP contribution < -0.4 is 9.47 Å². The van der Waals surface area contributed by atoms with Crippen LogP contribution in [-0.2, 0) is 4.79 Å². The van der Waals surface area contributed by atoms with Crippen LogP contribution in [-0.4, -0.2) is 50.1 Å². The molecule has 1 saturated heterocycles. The highest BCUT2D eigenvalue weighted by molar-refractivity contribution is 7.99. The number of hydrogen-bond acceptors (Lipinski definition) is 4. The molecule has 0 aliphatic carbocycles. The average molecular weight is 295 g/mol. The second-order valence-corrected chi connectivity index (χ2v) is 5.73. The lowest BCUT2D eigenvalue weighted by atomic mass is 9.97. The number of carbonyl (C=O) groups is 1. The second-order valence-electron chi connectivity index (χ2n) is 4.87. The normalized spacial score (nSPS) is 18.1. The summed E-state index contributed by atoms with van der Waals surface area (Å²) in [5, 5.41) is 0. The van der Waals surface area contributed by atoms with Crippen LogP contribution >= 0.6 is 11.8 Å². The van der Waals surface area contributed by atoms with E-state index in [4.69, 9.17) is 9.47 Å². The van der Waals surface area contributed by atoms with Gasteiger partial charge in [0.15, 0.2) is 0 Å². The number of hydrogen-bond donors (Lipinski definition) is 0. The number of likely N-dealkylation sites (tertiary alicyclic amines) is 1. The fraction of sp³-hybridized carbons (Fsp3) is 0.533. The highest BCUT2D eigenvalue weighted by Gasteiger charge is 2.29. The molecule has 1 amide bonds. The van der Waals surface area contributed by atoms with Gasteiger partial charge in [-0.25, -0.2) is 0 Å². The van der Waals surface area contributed by atoms with Gasteiger partial charge in [-0.15, -0.1) is 0 Å². The average Bonchev–Trinajstić information content (AvgIpc) is 2.96. The third-order valence-corrected chi connectivity index (χ3v) is 4.22. The van der Waals surface area contributed by atoms with Crippen LogP contribution in [0.1, 0.15) is 17.9 Å². The minimum atomic E-state index is 0.224. The standard InChI is InChI=1S/C15H21NO3S/c1-18-12-4-5-14(19-2)13(8-12)11-6-7-16(9-11)15(17)10-20-3/h4-5,8,11H,6-7,9-10H2,1-3H3. The molecule has 1 aromatic carbocycles. The fourth-order valence-corrected chi connectivity index (χ4v) is 3.04. The molecule has 1 heterocycles. The molecular weight excluding hydrogens is 274 g/mol. The van der Waals surface area contributed by atoms with Crippen molar-refractivity contribution in [3.63, 3.8) is 0 Å². The Balaban J connectivity index is 2.14. The molecule has 1 unspecified atom stereocenters. The zero-order valence-corrected chi connectivity index (χ0v) is 13.0. The van der Waals surface area contributed by atoms with Crippen molar-refractivity contribution in [3.8, 4) is 11.5 Å². The Bertz CT molecular complexity index is 478. The van der Waals surface area contributed by atoms with Crippen LogP contribution in [0, 0.1) is 0 Å². The molecule has 0 radical (unpaired) electrons. The monoisotopic (exact) mass is 295 g/mol. The van der Waals surface area contributed by atoms with Gasteiger partial charge in [0.1, 0.15) is 11.5 Å². The smallest absolute Gasteiger partial charge is 0.232 e. The molecule has 1 aliphatic rings. The maximum Gasteiger partial charge on any atom is 0.232 e. The zero-order valence-electron chi connectivity index (χ0n) is 12.2. The first-order valence-corrected chi connectivity index (χ1v) is 8.07. The van der Waals surface area contributed by atoms with Gasteiger partial charge in [-0.2, -0.15) is 11.8 Å². The van der Waals surface area contributed by atoms with Gasteiger partial charge in [0.2, 0.25) is 5.91 Å². The molecule has 20 heavy (non-hydrogen) atoms. The largest absolute Gasteiger partial charge is 0.497 e. The van der Waals surface area contributed by atoms with Crippen LogP contribution in [0.4, 0.5) is 0 Å². The molecule has 0 bridgehead atoms. The van der Waals surface area contributed by atoms with Crippen LogP contribution in [0.15, 0.2) is 18.2 Å². The van der Waals surface area contributed by atoms with Gasteiger partial charge >= 0.3 is 0 Å². The van der Waals surface area contributed by atoms with Gasteiger partial charge in [-0.3, -0.25) is 4.79 Å². The summed E-state index contributed by atoms with van der Waals surface area (Å²) in [5.74, 6) is 2.81. The van der Waals surface area contributed by atoms with E-state index in [0.29, 0.717) is 11.7 Å². The Morgan fingerprint density at radius 3 is 2.85 bits per heavy atom.